The Morgan fingerprint density at radius 1 is 1.21 bits per heavy atom. The van der Waals surface area contributed by atoms with Crippen LogP contribution in [0.4, 0.5) is 0 Å². The molecule has 2 heterocycles. The van der Waals surface area contributed by atoms with Crippen LogP contribution in [0.2, 0.25) is 0 Å². The molecule has 3 rings (SSSR count). The van der Waals surface area contributed by atoms with Gasteiger partial charge in [0.15, 0.2) is 0 Å². The van der Waals surface area contributed by atoms with Crippen LogP contribution in [-0.4, -0.2) is 9.61 Å². The van der Waals surface area contributed by atoms with Crippen molar-refractivity contribution in [1.29, 1.82) is 0 Å². The van der Waals surface area contributed by atoms with Crippen LogP contribution in [-0.2, 0) is 6.42 Å². The Labute approximate surface area is 140 Å². The van der Waals surface area contributed by atoms with E-state index in [0.29, 0.717) is 17.6 Å². The fourth-order valence-corrected chi connectivity index (χ4v) is 2.87. The Hall–Kier alpha value is -2.69. The lowest BCUT2D eigenvalue weighted by molar-refractivity contribution is -0.632. The average Bonchev–Trinajstić information content (AvgIpc) is 2.56. The van der Waals surface area contributed by atoms with Gasteiger partial charge in [-0.15, -0.1) is 0 Å². The first-order valence-electron chi connectivity index (χ1n) is 8.24. The molecule has 0 bridgehead atoms. The summed E-state index contributed by atoms with van der Waals surface area (Å²) in [6.45, 7) is 5.85. The lowest BCUT2D eigenvalue weighted by Crippen LogP contribution is -2.43. The highest BCUT2D eigenvalue weighted by molar-refractivity contribution is 5.39. The third-order valence-corrected chi connectivity index (χ3v) is 4.13. The summed E-state index contributed by atoms with van der Waals surface area (Å²) in [5.74, 6) is -0.246. The summed E-state index contributed by atoms with van der Waals surface area (Å²) in [5.41, 5.74) is 3.02. The van der Waals surface area contributed by atoms with Gasteiger partial charge in [-0.05, 0) is 50.5 Å². The summed E-state index contributed by atoms with van der Waals surface area (Å²) in [7, 11) is 0. The molecule has 5 nitrogen and oxygen atoms in total. The van der Waals surface area contributed by atoms with Crippen molar-refractivity contribution in [3.05, 3.63) is 63.6 Å². The van der Waals surface area contributed by atoms with Crippen LogP contribution < -0.4 is 15.2 Å². The molecule has 0 radical (unpaired) electrons. The Bertz CT molecular complexity index is 961. The molecule has 0 saturated carbocycles. The molecule has 0 N–H and O–H groups in total. The largest absolute Gasteiger partial charge is 0.842 e. The van der Waals surface area contributed by atoms with Crippen molar-refractivity contribution >= 4 is 5.65 Å². The molecule has 0 saturated heterocycles. The molecule has 5 heteroatoms. The second kappa shape index (κ2) is 6.43. The van der Waals surface area contributed by atoms with Crippen LogP contribution in [0.5, 0.6) is 5.88 Å². The number of rotatable bonds is 4. The first-order chi connectivity index (χ1) is 11.5. The summed E-state index contributed by atoms with van der Waals surface area (Å²) in [6.07, 6.45) is 2.20. The van der Waals surface area contributed by atoms with Crippen LogP contribution in [0.15, 0.2) is 41.2 Å². The SMILES string of the molecule is CCCCc1c([O-])[n+](-c2cccc(C)c2)c2ccc(C)nn2c1=O. The minimum atomic E-state index is -0.309. The average molecular weight is 323 g/mol. The van der Waals surface area contributed by atoms with Crippen molar-refractivity contribution in [2.24, 2.45) is 0 Å². The summed E-state index contributed by atoms with van der Waals surface area (Å²) in [5, 5.41) is 17.4. The molecule has 124 valence electrons. The molecule has 0 atom stereocenters. The standard InChI is InChI=1S/C19H21N3O2/c1-4-5-9-16-18(23)21(15-8-6-7-13(2)12-15)17-11-10-14(3)20-22(17)19(16)24/h6-8,10-12H,4-5,9H2,1-3H3. The minimum Gasteiger partial charge on any atom is -0.842 e. The maximum absolute atomic E-state index is 13.0. The Balaban J connectivity index is 2.40. The third-order valence-electron chi connectivity index (χ3n) is 4.13. The quantitative estimate of drug-likeness (QED) is 0.690. The van der Waals surface area contributed by atoms with Crippen molar-refractivity contribution in [1.82, 2.24) is 9.61 Å². The lowest BCUT2D eigenvalue weighted by Gasteiger charge is -2.16. The van der Waals surface area contributed by atoms with Gasteiger partial charge in [-0.25, -0.2) is 9.36 Å². The van der Waals surface area contributed by atoms with Gasteiger partial charge in [-0.1, -0.05) is 35.1 Å². The predicted octanol–water partition coefficient (Wildman–Crippen LogP) is 2.00. The maximum Gasteiger partial charge on any atom is 0.365 e. The van der Waals surface area contributed by atoms with Gasteiger partial charge in [0.05, 0.1) is 17.1 Å². The second-order valence-electron chi connectivity index (χ2n) is 6.11. The van der Waals surface area contributed by atoms with Gasteiger partial charge in [0, 0.05) is 6.07 Å². The first kappa shape index (κ1) is 16.2. The highest BCUT2D eigenvalue weighted by atomic mass is 16.3. The smallest absolute Gasteiger partial charge is 0.365 e. The molecule has 2 aromatic heterocycles. The van der Waals surface area contributed by atoms with Gasteiger partial charge < -0.3 is 5.11 Å². The van der Waals surface area contributed by atoms with E-state index in [-0.39, 0.29) is 11.4 Å². The highest BCUT2D eigenvalue weighted by Crippen LogP contribution is 2.14. The van der Waals surface area contributed by atoms with E-state index in [0.717, 1.165) is 29.8 Å². The molecular weight excluding hydrogens is 302 g/mol. The zero-order valence-corrected chi connectivity index (χ0v) is 14.2. The molecule has 0 aliphatic heterocycles. The van der Waals surface area contributed by atoms with Gasteiger partial charge >= 0.3 is 11.2 Å². The van der Waals surface area contributed by atoms with Crippen molar-refractivity contribution in [2.75, 3.05) is 0 Å². The van der Waals surface area contributed by atoms with E-state index in [1.807, 2.05) is 51.1 Å². The molecule has 1 aromatic carbocycles. The predicted molar refractivity (Wildman–Crippen MR) is 90.5 cm³/mol. The van der Waals surface area contributed by atoms with Gasteiger partial charge in [0.25, 0.3) is 0 Å². The number of aryl methyl sites for hydroxylation is 2. The number of hydrogen-bond acceptors (Lipinski definition) is 3. The second-order valence-corrected chi connectivity index (χ2v) is 6.11. The monoisotopic (exact) mass is 323 g/mol. The molecular formula is C19H21N3O2. The summed E-state index contributed by atoms with van der Waals surface area (Å²) < 4.78 is 2.94. The Morgan fingerprint density at radius 3 is 2.71 bits per heavy atom. The number of fused-ring (bicyclic) bond motifs is 1. The Kier molecular flexibility index (Phi) is 4.34. The molecule has 24 heavy (non-hydrogen) atoms. The van der Waals surface area contributed by atoms with Crippen molar-refractivity contribution < 1.29 is 9.67 Å². The van der Waals surface area contributed by atoms with Crippen molar-refractivity contribution in [3.8, 4) is 11.6 Å². The fraction of sp³-hybridized carbons (Fsp3) is 0.316. The molecule has 0 amide bonds. The van der Waals surface area contributed by atoms with Crippen LogP contribution in [0.25, 0.3) is 11.3 Å². The molecule has 0 fully saturated rings. The third kappa shape index (κ3) is 2.77. The maximum atomic E-state index is 13.0. The minimum absolute atomic E-state index is 0.246. The molecule has 3 aromatic rings. The zero-order valence-electron chi connectivity index (χ0n) is 14.2. The van der Waals surface area contributed by atoms with Gasteiger partial charge in [-0.2, -0.15) is 0 Å². The summed E-state index contributed by atoms with van der Waals surface area (Å²) >= 11 is 0. The molecule has 0 aliphatic rings. The van der Waals surface area contributed by atoms with Gasteiger partial charge in [-0.3, -0.25) is 0 Å². The van der Waals surface area contributed by atoms with E-state index in [1.54, 1.807) is 10.6 Å². The van der Waals surface area contributed by atoms with E-state index in [2.05, 4.69) is 5.10 Å². The van der Waals surface area contributed by atoms with E-state index in [1.165, 1.54) is 4.52 Å². The number of aromatic nitrogens is 3. The number of nitrogens with zero attached hydrogens (tertiary/aromatic N) is 3. The number of benzene rings is 1. The topological polar surface area (TPSA) is 61.3 Å². The summed E-state index contributed by atoms with van der Waals surface area (Å²) in [6, 6.07) is 11.3. The van der Waals surface area contributed by atoms with Crippen LogP contribution in [0.3, 0.4) is 0 Å². The lowest BCUT2D eigenvalue weighted by atomic mass is 10.1. The molecule has 0 spiro atoms. The first-order valence-corrected chi connectivity index (χ1v) is 8.24. The van der Waals surface area contributed by atoms with Crippen LogP contribution in [0.1, 0.15) is 36.6 Å². The van der Waals surface area contributed by atoms with E-state index >= 15 is 0 Å². The van der Waals surface area contributed by atoms with Crippen LogP contribution >= 0.6 is 0 Å². The zero-order chi connectivity index (χ0) is 17.3. The van der Waals surface area contributed by atoms with Crippen LogP contribution in [0, 0.1) is 13.8 Å². The van der Waals surface area contributed by atoms with Gasteiger partial charge in [0.2, 0.25) is 0 Å². The highest BCUT2D eigenvalue weighted by Gasteiger charge is 2.21. The van der Waals surface area contributed by atoms with E-state index in [9.17, 15) is 9.90 Å². The number of hydrogen-bond donors (Lipinski definition) is 0. The number of unbranched alkanes of at least 4 members (excludes halogenated alkanes) is 1. The Morgan fingerprint density at radius 2 is 2.00 bits per heavy atom. The summed E-state index contributed by atoms with van der Waals surface area (Å²) in [4.78, 5) is 12.7. The fourth-order valence-electron chi connectivity index (χ4n) is 2.87. The van der Waals surface area contributed by atoms with Crippen molar-refractivity contribution in [2.45, 2.75) is 40.0 Å². The van der Waals surface area contributed by atoms with E-state index in [4.69, 9.17) is 0 Å². The van der Waals surface area contributed by atoms with Gasteiger partial charge in [0.1, 0.15) is 5.69 Å². The molecule has 0 aliphatic carbocycles. The normalized spacial score (nSPS) is 11.1. The van der Waals surface area contributed by atoms with E-state index < -0.39 is 0 Å². The van der Waals surface area contributed by atoms with Crippen molar-refractivity contribution in [3.63, 3.8) is 0 Å². The molecule has 0 unspecified atom stereocenters.